The van der Waals surface area contributed by atoms with Gasteiger partial charge in [0, 0.05) is 11.0 Å². The second-order valence-corrected chi connectivity index (χ2v) is 6.23. The van der Waals surface area contributed by atoms with Gasteiger partial charge in [0.1, 0.15) is 5.75 Å². The molecule has 0 fully saturated rings. The summed E-state index contributed by atoms with van der Waals surface area (Å²) in [4.78, 5) is 24.5. The molecule has 6 heteroatoms. The highest BCUT2D eigenvalue weighted by atomic mass is 32.1. The van der Waals surface area contributed by atoms with Crippen LogP contribution in [0.2, 0.25) is 0 Å². The van der Waals surface area contributed by atoms with E-state index in [4.69, 9.17) is 9.47 Å². The molecule has 2 aromatic rings. The normalized spacial score (nSPS) is 11.9. The van der Waals surface area contributed by atoms with E-state index in [0.29, 0.717) is 6.61 Å². The smallest absolute Gasteiger partial charge is 0.331 e. The van der Waals surface area contributed by atoms with E-state index in [2.05, 4.69) is 5.32 Å². The van der Waals surface area contributed by atoms with Crippen molar-refractivity contribution in [1.82, 2.24) is 5.32 Å². The molecule has 1 heterocycles. The minimum absolute atomic E-state index is 0.106. The van der Waals surface area contributed by atoms with Crippen molar-refractivity contribution in [1.29, 1.82) is 0 Å². The molecule has 0 bridgehead atoms. The van der Waals surface area contributed by atoms with Crippen molar-refractivity contribution in [2.24, 2.45) is 0 Å². The van der Waals surface area contributed by atoms with Crippen LogP contribution in [-0.2, 0) is 14.3 Å². The van der Waals surface area contributed by atoms with Gasteiger partial charge in [-0.2, -0.15) is 0 Å². The number of amides is 1. The monoisotopic (exact) mass is 359 g/mol. The van der Waals surface area contributed by atoms with Crippen LogP contribution in [0.3, 0.4) is 0 Å². The van der Waals surface area contributed by atoms with Gasteiger partial charge in [-0.3, -0.25) is 4.79 Å². The number of ether oxygens (including phenoxy) is 2. The predicted octanol–water partition coefficient (Wildman–Crippen LogP) is 3.58. The first-order valence-corrected chi connectivity index (χ1v) is 8.87. The topological polar surface area (TPSA) is 64.6 Å². The number of hydrogen-bond donors (Lipinski definition) is 1. The van der Waals surface area contributed by atoms with E-state index in [-0.39, 0.29) is 18.6 Å². The van der Waals surface area contributed by atoms with Crippen LogP contribution in [0.1, 0.15) is 30.3 Å². The van der Waals surface area contributed by atoms with Gasteiger partial charge in [-0.1, -0.05) is 18.2 Å². The number of rotatable bonds is 8. The summed E-state index contributed by atoms with van der Waals surface area (Å²) in [6.45, 7) is 4.11. The van der Waals surface area contributed by atoms with E-state index in [0.717, 1.165) is 16.2 Å². The minimum atomic E-state index is -0.562. The van der Waals surface area contributed by atoms with E-state index in [1.54, 1.807) is 17.4 Å². The quantitative estimate of drug-likeness (QED) is 0.578. The number of nitrogens with one attached hydrogen (secondary N) is 1. The molecule has 2 rings (SSSR count). The Morgan fingerprint density at radius 2 is 2.00 bits per heavy atom. The van der Waals surface area contributed by atoms with Crippen molar-refractivity contribution < 1.29 is 19.1 Å². The van der Waals surface area contributed by atoms with Crippen LogP contribution in [0, 0.1) is 0 Å². The summed E-state index contributed by atoms with van der Waals surface area (Å²) in [5.74, 6) is -0.115. The summed E-state index contributed by atoms with van der Waals surface area (Å²) in [6.07, 6.45) is 2.93. The van der Waals surface area contributed by atoms with Crippen LogP contribution >= 0.6 is 11.3 Å². The number of hydrogen-bond acceptors (Lipinski definition) is 5. The molecule has 0 saturated carbocycles. The minimum Gasteiger partial charge on any atom is -0.494 e. The molecule has 1 amide bonds. The third kappa shape index (κ3) is 6.43. The summed E-state index contributed by atoms with van der Waals surface area (Å²) in [6, 6.07) is 11.1. The van der Waals surface area contributed by atoms with Crippen LogP contribution < -0.4 is 10.1 Å². The second-order valence-electron chi connectivity index (χ2n) is 5.25. The van der Waals surface area contributed by atoms with E-state index < -0.39 is 5.97 Å². The molecule has 0 aliphatic heterocycles. The lowest BCUT2D eigenvalue weighted by Gasteiger charge is -2.11. The van der Waals surface area contributed by atoms with Crippen LogP contribution in [0.15, 0.2) is 47.9 Å². The molecule has 0 spiro atoms. The standard InChI is InChI=1S/C19H21NO4S/c1-3-23-16-9-6-15(7-10-16)8-11-19(22)24-13-18(21)20-14(2)17-5-4-12-25-17/h4-12,14H,3,13H2,1-2H3,(H,20,21)/b11-8+/t14-/m0/s1. The van der Waals surface area contributed by atoms with Gasteiger partial charge in [0.05, 0.1) is 12.6 Å². The molecule has 5 nitrogen and oxygen atoms in total. The lowest BCUT2D eigenvalue weighted by atomic mass is 10.2. The van der Waals surface area contributed by atoms with Gasteiger partial charge >= 0.3 is 5.97 Å². The largest absolute Gasteiger partial charge is 0.494 e. The highest BCUT2D eigenvalue weighted by Gasteiger charge is 2.11. The molecule has 0 aliphatic rings. The van der Waals surface area contributed by atoms with Gasteiger partial charge < -0.3 is 14.8 Å². The number of esters is 1. The molecule has 1 N–H and O–H groups in total. The molecule has 0 unspecified atom stereocenters. The molecular formula is C19H21NO4S. The molecule has 1 atom stereocenters. The zero-order chi connectivity index (χ0) is 18.1. The Morgan fingerprint density at radius 3 is 2.64 bits per heavy atom. The number of carbonyl (C=O) groups excluding carboxylic acids is 2. The number of carbonyl (C=O) groups is 2. The van der Waals surface area contributed by atoms with E-state index in [9.17, 15) is 9.59 Å². The lowest BCUT2D eigenvalue weighted by Crippen LogP contribution is -2.30. The van der Waals surface area contributed by atoms with Crippen LogP contribution in [0.25, 0.3) is 6.08 Å². The Hall–Kier alpha value is -2.60. The Bertz CT molecular complexity index is 708. The summed E-state index contributed by atoms with van der Waals surface area (Å²) in [5.41, 5.74) is 0.844. The molecule has 0 radical (unpaired) electrons. The maximum Gasteiger partial charge on any atom is 0.331 e. The summed E-state index contributed by atoms with van der Waals surface area (Å²) in [7, 11) is 0. The molecule has 132 valence electrons. The Morgan fingerprint density at radius 1 is 1.24 bits per heavy atom. The molecule has 0 saturated heterocycles. The fraction of sp³-hybridized carbons (Fsp3) is 0.263. The average Bonchev–Trinajstić information content (AvgIpc) is 3.14. The van der Waals surface area contributed by atoms with Crippen LogP contribution in [0.5, 0.6) is 5.75 Å². The first-order chi connectivity index (χ1) is 12.1. The second kappa shape index (κ2) is 9.64. The van der Waals surface area contributed by atoms with Gasteiger partial charge in [-0.15, -0.1) is 11.3 Å². The van der Waals surface area contributed by atoms with E-state index in [1.807, 2.05) is 55.6 Å². The molecular weight excluding hydrogens is 338 g/mol. The third-order valence-electron chi connectivity index (χ3n) is 3.30. The maximum atomic E-state index is 11.8. The van der Waals surface area contributed by atoms with Gasteiger partial charge in [-0.25, -0.2) is 4.79 Å². The fourth-order valence-electron chi connectivity index (χ4n) is 2.08. The Balaban J connectivity index is 1.75. The van der Waals surface area contributed by atoms with Crippen molar-refractivity contribution >= 4 is 29.3 Å². The Labute approximate surface area is 151 Å². The maximum absolute atomic E-state index is 11.8. The van der Waals surface area contributed by atoms with Crippen molar-refractivity contribution in [3.05, 3.63) is 58.3 Å². The summed E-state index contributed by atoms with van der Waals surface area (Å²) in [5, 5.41) is 4.73. The fourth-order valence-corrected chi connectivity index (χ4v) is 2.82. The van der Waals surface area contributed by atoms with Crippen molar-refractivity contribution in [3.63, 3.8) is 0 Å². The summed E-state index contributed by atoms with van der Waals surface area (Å²) < 4.78 is 10.3. The van der Waals surface area contributed by atoms with Crippen molar-refractivity contribution in [2.75, 3.05) is 13.2 Å². The number of thiophene rings is 1. The van der Waals surface area contributed by atoms with Gasteiger partial charge in [0.2, 0.25) is 0 Å². The van der Waals surface area contributed by atoms with Gasteiger partial charge in [0.15, 0.2) is 6.61 Å². The predicted molar refractivity (Wildman–Crippen MR) is 98.5 cm³/mol. The first-order valence-electron chi connectivity index (χ1n) is 7.99. The molecule has 1 aromatic carbocycles. The van der Waals surface area contributed by atoms with E-state index >= 15 is 0 Å². The summed E-state index contributed by atoms with van der Waals surface area (Å²) >= 11 is 1.56. The van der Waals surface area contributed by atoms with Gasteiger partial charge in [0.25, 0.3) is 5.91 Å². The number of benzene rings is 1. The van der Waals surface area contributed by atoms with Crippen molar-refractivity contribution in [3.8, 4) is 5.75 Å². The Kier molecular flexibility index (Phi) is 7.22. The SMILES string of the molecule is CCOc1ccc(/C=C/C(=O)OCC(=O)N[C@@H](C)c2cccs2)cc1. The highest BCUT2D eigenvalue weighted by molar-refractivity contribution is 7.10. The zero-order valence-electron chi connectivity index (χ0n) is 14.2. The van der Waals surface area contributed by atoms with E-state index in [1.165, 1.54) is 6.08 Å². The zero-order valence-corrected chi connectivity index (χ0v) is 15.0. The van der Waals surface area contributed by atoms with Crippen molar-refractivity contribution in [2.45, 2.75) is 19.9 Å². The third-order valence-corrected chi connectivity index (χ3v) is 4.35. The highest BCUT2D eigenvalue weighted by Crippen LogP contribution is 2.17. The van der Waals surface area contributed by atoms with Crippen LogP contribution in [0.4, 0.5) is 0 Å². The van der Waals surface area contributed by atoms with Gasteiger partial charge in [-0.05, 0) is 49.1 Å². The lowest BCUT2D eigenvalue weighted by molar-refractivity contribution is -0.144. The molecule has 1 aromatic heterocycles. The first kappa shape index (κ1) is 18.7. The average molecular weight is 359 g/mol. The van der Waals surface area contributed by atoms with Crippen LogP contribution in [-0.4, -0.2) is 25.1 Å². The molecule has 25 heavy (non-hydrogen) atoms. The molecule has 0 aliphatic carbocycles.